The summed E-state index contributed by atoms with van der Waals surface area (Å²) in [5.74, 6) is -0.0510. The molecule has 0 saturated heterocycles. The minimum Gasteiger partial charge on any atom is -0.370 e. The van der Waals surface area contributed by atoms with Crippen LogP contribution in [-0.2, 0) is 0 Å². The Morgan fingerprint density at radius 2 is 1.81 bits per heavy atom. The Morgan fingerprint density at radius 1 is 1.31 bits per heavy atom. The van der Waals surface area contributed by atoms with Gasteiger partial charge in [0.2, 0.25) is 5.11 Å². The van der Waals surface area contributed by atoms with E-state index < -0.39 is 0 Å². The molecule has 86 valence electrons. The van der Waals surface area contributed by atoms with Crippen molar-refractivity contribution in [3.63, 3.8) is 0 Å². The molecule has 0 atom stereocenters. The standard InChI is InChI=1S/C10H13BrN4S/c1-5-3-7(11)4-6(2)8(5)14-10(16)15-9(12)13/h3-4H,1-2H3,(H5,12,13,14,15,16). The highest BCUT2D eigenvalue weighted by atomic mass is 79.9. The van der Waals surface area contributed by atoms with Gasteiger partial charge in [0.15, 0.2) is 5.96 Å². The molecule has 0 aliphatic heterocycles. The normalized spacial score (nSPS) is 9.69. The van der Waals surface area contributed by atoms with Gasteiger partial charge in [-0.1, -0.05) is 15.9 Å². The van der Waals surface area contributed by atoms with Crippen molar-refractivity contribution < 1.29 is 0 Å². The van der Waals surface area contributed by atoms with Gasteiger partial charge in [0.25, 0.3) is 0 Å². The van der Waals surface area contributed by atoms with E-state index in [2.05, 4.69) is 26.2 Å². The predicted octanol–water partition coefficient (Wildman–Crippen LogP) is 2.04. The number of halogens is 1. The fourth-order valence-electron chi connectivity index (χ4n) is 1.36. The second kappa shape index (κ2) is 5.27. The van der Waals surface area contributed by atoms with Gasteiger partial charge >= 0.3 is 0 Å². The Morgan fingerprint density at radius 3 is 2.25 bits per heavy atom. The van der Waals surface area contributed by atoms with Crippen LogP contribution in [0.1, 0.15) is 11.1 Å². The maximum Gasteiger partial charge on any atom is 0.200 e. The van der Waals surface area contributed by atoms with Crippen LogP contribution in [0.3, 0.4) is 0 Å². The van der Waals surface area contributed by atoms with Crippen LogP contribution in [0.2, 0.25) is 0 Å². The van der Waals surface area contributed by atoms with Gasteiger partial charge in [0.1, 0.15) is 0 Å². The number of hydrogen-bond donors (Lipinski definition) is 3. The highest BCUT2D eigenvalue weighted by Crippen LogP contribution is 2.25. The summed E-state index contributed by atoms with van der Waals surface area (Å²) in [5, 5.41) is 3.26. The molecule has 0 aromatic heterocycles. The summed E-state index contributed by atoms with van der Waals surface area (Å²) in [6.07, 6.45) is 0. The van der Waals surface area contributed by atoms with Gasteiger partial charge in [-0.05, 0) is 49.3 Å². The van der Waals surface area contributed by atoms with Crippen molar-refractivity contribution in [2.75, 3.05) is 5.32 Å². The summed E-state index contributed by atoms with van der Waals surface area (Å²) in [6, 6.07) is 3.99. The summed E-state index contributed by atoms with van der Waals surface area (Å²) < 4.78 is 1.03. The fraction of sp³-hybridized carbons (Fsp3) is 0.200. The van der Waals surface area contributed by atoms with Crippen molar-refractivity contribution in [1.29, 1.82) is 0 Å². The second-order valence-electron chi connectivity index (χ2n) is 3.38. The average Bonchev–Trinajstić information content (AvgIpc) is 2.09. The van der Waals surface area contributed by atoms with Gasteiger partial charge in [-0.3, -0.25) is 0 Å². The minimum absolute atomic E-state index is 0.0510. The van der Waals surface area contributed by atoms with Crippen molar-refractivity contribution in [3.8, 4) is 0 Å². The molecule has 16 heavy (non-hydrogen) atoms. The predicted molar refractivity (Wildman–Crippen MR) is 75.6 cm³/mol. The zero-order chi connectivity index (χ0) is 12.3. The smallest absolute Gasteiger partial charge is 0.200 e. The number of thiocarbonyl (C=S) groups is 1. The minimum atomic E-state index is -0.0510. The lowest BCUT2D eigenvalue weighted by Crippen LogP contribution is -2.25. The molecule has 0 aliphatic rings. The van der Waals surface area contributed by atoms with Crippen molar-refractivity contribution in [2.45, 2.75) is 13.8 Å². The van der Waals surface area contributed by atoms with Crippen LogP contribution in [0, 0.1) is 13.8 Å². The molecule has 0 amide bonds. The van der Waals surface area contributed by atoms with E-state index in [0.29, 0.717) is 0 Å². The third kappa shape index (κ3) is 3.46. The first kappa shape index (κ1) is 12.9. The lowest BCUT2D eigenvalue weighted by atomic mass is 10.1. The lowest BCUT2D eigenvalue weighted by molar-refractivity contribution is 1.35. The lowest BCUT2D eigenvalue weighted by Gasteiger charge is -2.11. The van der Waals surface area contributed by atoms with Gasteiger partial charge in [0, 0.05) is 10.2 Å². The number of guanidine groups is 1. The summed E-state index contributed by atoms with van der Waals surface area (Å²) in [6.45, 7) is 3.97. The van der Waals surface area contributed by atoms with E-state index in [1.165, 1.54) is 0 Å². The van der Waals surface area contributed by atoms with Crippen molar-refractivity contribution in [1.82, 2.24) is 0 Å². The van der Waals surface area contributed by atoms with E-state index in [-0.39, 0.29) is 11.1 Å². The maximum atomic E-state index is 5.24. The van der Waals surface area contributed by atoms with Crippen LogP contribution in [0.5, 0.6) is 0 Å². The number of hydrogen-bond acceptors (Lipinski definition) is 1. The van der Waals surface area contributed by atoms with Gasteiger partial charge in [-0.2, -0.15) is 4.99 Å². The molecule has 6 heteroatoms. The summed E-state index contributed by atoms with van der Waals surface area (Å²) in [4.78, 5) is 3.76. The molecule has 0 spiro atoms. The first-order valence-electron chi connectivity index (χ1n) is 4.57. The van der Waals surface area contributed by atoms with Gasteiger partial charge in [-0.25, -0.2) is 0 Å². The first-order valence-corrected chi connectivity index (χ1v) is 5.77. The monoisotopic (exact) mass is 300 g/mol. The summed E-state index contributed by atoms with van der Waals surface area (Å²) >= 11 is 8.42. The van der Waals surface area contributed by atoms with E-state index >= 15 is 0 Å². The van der Waals surface area contributed by atoms with Crippen LogP contribution in [0.4, 0.5) is 5.69 Å². The van der Waals surface area contributed by atoms with E-state index in [4.69, 9.17) is 23.7 Å². The molecule has 1 rings (SSSR count). The molecule has 1 aromatic rings. The Labute approximate surface area is 108 Å². The molecular formula is C10H13BrN4S. The fourth-order valence-corrected chi connectivity index (χ4v) is 2.25. The molecule has 0 heterocycles. The number of rotatable bonds is 1. The summed E-state index contributed by atoms with van der Waals surface area (Å²) in [5.41, 5.74) is 13.5. The molecule has 4 nitrogen and oxygen atoms in total. The van der Waals surface area contributed by atoms with Crippen LogP contribution in [0.25, 0.3) is 0 Å². The maximum absolute atomic E-state index is 5.24. The second-order valence-corrected chi connectivity index (χ2v) is 4.68. The number of nitrogens with one attached hydrogen (secondary N) is 1. The zero-order valence-corrected chi connectivity index (χ0v) is 11.4. The number of benzene rings is 1. The molecule has 0 radical (unpaired) electrons. The van der Waals surface area contributed by atoms with Crippen LogP contribution >= 0.6 is 28.1 Å². The van der Waals surface area contributed by atoms with E-state index in [9.17, 15) is 0 Å². The number of aliphatic imine (C=N–C) groups is 1. The zero-order valence-electron chi connectivity index (χ0n) is 9.04. The third-order valence-corrected chi connectivity index (χ3v) is 2.61. The van der Waals surface area contributed by atoms with Crippen molar-refractivity contribution >= 4 is 44.9 Å². The SMILES string of the molecule is Cc1cc(Br)cc(C)c1NC(=S)N=C(N)N. The highest BCUT2D eigenvalue weighted by molar-refractivity contribution is 9.10. The Kier molecular flexibility index (Phi) is 4.26. The molecule has 0 unspecified atom stereocenters. The first-order chi connectivity index (χ1) is 7.40. The summed E-state index contributed by atoms with van der Waals surface area (Å²) in [7, 11) is 0. The number of aryl methyl sites for hydroxylation is 2. The van der Waals surface area contributed by atoms with E-state index in [0.717, 1.165) is 21.3 Å². The average molecular weight is 301 g/mol. The van der Waals surface area contributed by atoms with Crippen LogP contribution < -0.4 is 16.8 Å². The highest BCUT2D eigenvalue weighted by Gasteiger charge is 2.05. The molecule has 0 aliphatic carbocycles. The van der Waals surface area contributed by atoms with Crippen molar-refractivity contribution in [2.24, 2.45) is 16.5 Å². The Bertz CT molecular complexity index is 429. The van der Waals surface area contributed by atoms with Gasteiger partial charge in [-0.15, -0.1) is 0 Å². The topological polar surface area (TPSA) is 76.4 Å². The van der Waals surface area contributed by atoms with E-state index in [1.807, 2.05) is 26.0 Å². The Balaban J connectivity index is 2.98. The van der Waals surface area contributed by atoms with Crippen LogP contribution in [0.15, 0.2) is 21.6 Å². The quantitative estimate of drug-likeness (QED) is 0.421. The van der Waals surface area contributed by atoms with Crippen LogP contribution in [-0.4, -0.2) is 11.1 Å². The number of anilines is 1. The molecule has 1 aromatic carbocycles. The third-order valence-electron chi connectivity index (χ3n) is 1.96. The Hall–Kier alpha value is -1.14. The largest absolute Gasteiger partial charge is 0.370 e. The number of nitrogens with zero attached hydrogens (tertiary/aromatic N) is 1. The van der Waals surface area contributed by atoms with Gasteiger partial charge in [0.05, 0.1) is 0 Å². The van der Waals surface area contributed by atoms with Gasteiger partial charge < -0.3 is 16.8 Å². The molecular weight excluding hydrogens is 288 g/mol. The molecule has 0 fully saturated rings. The van der Waals surface area contributed by atoms with E-state index in [1.54, 1.807) is 0 Å². The number of nitrogens with two attached hydrogens (primary N) is 2. The molecule has 5 N–H and O–H groups in total. The van der Waals surface area contributed by atoms with Crippen molar-refractivity contribution in [3.05, 3.63) is 27.7 Å². The molecule has 0 saturated carbocycles. The molecule has 0 bridgehead atoms.